The van der Waals surface area contributed by atoms with Crippen molar-refractivity contribution in [3.05, 3.63) is 11.9 Å². The van der Waals surface area contributed by atoms with Crippen LogP contribution in [-0.2, 0) is 22.6 Å². The van der Waals surface area contributed by atoms with Gasteiger partial charge in [-0.25, -0.2) is 0 Å². The summed E-state index contributed by atoms with van der Waals surface area (Å²) < 4.78 is 1.84. The number of nitrogens with zero attached hydrogens (tertiary/aromatic N) is 3. The predicted molar refractivity (Wildman–Crippen MR) is 99.1 cm³/mol. The van der Waals surface area contributed by atoms with E-state index in [-0.39, 0.29) is 23.5 Å². The van der Waals surface area contributed by atoms with Gasteiger partial charge in [-0.3, -0.25) is 14.3 Å². The van der Waals surface area contributed by atoms with Crippen LogP contribution in [0.1, 0.15) is 65.5 Å². The molecule has 0 saturated carbocycles. The van der Waals surface area contributed by atoms with Gasteiger partial charge in [0.2, 0.25) is 5.91 Å². The number of hydrogen-bond donors (Lipinski definition) is 1. The first-order chi connectivity index (χ1) is 11.8. The maximum atomic E-state index is 11.9. The quantitative estimate of drug-likeness (QED) is 0.588. The van der Waals surface area contributed by atoms with Crippen molar-refractivity contribution in [3.8, 4) is 0 Å². The van der Waals surface area contributed by atoms with Gasteiger partial charge in [0, 0.05) is 44.5 Å². The molecule has 0 aliphatic carbocycles. The molecule has 1 rings (SSSR count). The Kier molecular flexibility index (Phi) is 9.39. The predicted octanol–water partition coefficient (Wildman–Crippen LogP) is 3.01. The molecule has 0 unspecified atom stereocenters. The smallest absolute Gasteiger partial charge is 0.222 e. The van der Waals surface area contributed by atoms with Crippen LogP contribution in [0.4, 0.5) is 0 Å². The molecule has 6 nitrogen and oxygen atoms in total. The summed E-state index contributed by atoms with van der Waals surface area (Å²) in [6, 6.07) is 0. The summed E-state index contributed by atoms with van der Waals surface area (Å²) >= 11 is 0. The van der Waals surface area contributed by atoms with E-state index in [1.807, 2.05) is 24.7 Å². The van der Waals surface area contributed by atoms with Gasteiger partial charge in [-0.15, -0.1) is 5.10 Å². The highest BCUT2D eigenvalue weighted by Crippen LogP contribution is 2.18. The minimum Gasteiger partial charge on any atom is -0.359 e. The van der Waals surface area contributed by atoms with E-state index in [2.05, 4.69) is 29.5 Å². The number of unbranched alkanes of at least 4 members (excludes halogenated alkanes) is 1. The van der Waals surface area contributed by atoms with Crippen LogP contribution in [0.5, 0.6) is 0 Å². The molecule has 0 saturated heterocycles. The highest BCUT2D eigenvalue weighted by Gasteiger charge is 2.18. The summed E-state index contributed by atoms with van der Waals surface area (Å²) in [6.45, 7) is 8.94. The Balaban J connectivity index is 2.33. The lowest BCUT2D eigenvalue weighted by atomic mass is 9.91. The Bertz CT molecular complexity index is 537. The molecular formula is C19H34N4O2. The van der Waals surface area contributed by atoms with Gasteiger partial charge in [-0.05, 0) is 25.2 Å². The maximum absolute atomic E-state index is 11.9. The normalized spacial score (nSPS) is 12.6. The molecule has 0 aromatic carbocycles. The third kappa shape index (κ3) is 8.27. The molecule has 0 spiro atoms. The summed E-state index contributed by atoms with van der Waals surface area (Å²) in [5.41, 5.74) is 0.872. The minimum absolute atomic E-state index is 0.0779. The number of aryl methyl sites for hydroxylation is 2. The topological polar surface area (TPSA) is 76.9 Å². The molecule has 1 aromatic heterocycles. The Morgan fingerprint density at radius 2 is 1.92 bits per heavy atom. The van der Waals surface area contributed by atoms with Crippen molar-refractivity contribution in [1.29, 1.82) is 0 Å². The zero-order chi connectivity index (χ0) is 18.8. The number of Topliss-reactive ketones (excluding diaryl/α,β-unsaturated/α-hetero) is 1. The van der Waals surface area contributed by atoms with Crippen LogP contribution in [0.2, 0.25) is 0 Å². The number of carbonyl (C=O) groups excluding carboxylic acids is 2. The van der Waals surface area contributed by atoms with E-state index in [1.54, 1.807) is 7.05 Å². The molecule has 0 aliphatic rings. The fourth-order valence-corrected chi connectivity index (χ4v) is 2.90. The molecule has 6 heteroatoms. The zero-order valence-corrected chi connectivity index (χ0v) is 16.4. The Labute approximate surface area is 151 Å². The van der Waals surface area contributed by atoms with Crippen molar-refractivity contribution in [2.75, 3.05) is 7.05 Å². The van der Waals surface area contributed by atoms with E-state index in [4.69, 9.17) is 0 Å². The fraction of sp³-hybridized carbons (Fsp3) is 0.789. The molecule has 1 amide bonds. The molecule has 25 heavy (non-hydrogen) atoms. The third-order valence-corrected chi connectivity index (χ3v) is 4.42. The summed E-state index contributed by atoms with van der Waals surface area (Å²) in [4.78, 5) is 23.6. The van der Waals surface area contributed by atoms with Crippen molar-refractivity contribution in [3.63, 3.8) is 0 Å². The van der Waals surface area contributed by atoms with Crippen LogP contribution in [-0.4, -0.2) is 33.7 Å². The maximum Gasteiger partial charge on any atom is 0.222 e. The van der Waals surface area contributed by atoms with E-state index in [0.29, 0.717) is 18.8 Å². The number of carbonyl (C=O) groups is 2. The second-order valence-electron chi connectivity index (χ2n) is 7.53. The van der Waals surface area contributed by atoms with Gasteiger partial charge >= 0.3 is 0 Å². The van der Waals surface area contributed by atoms with Crippen LogP contribution in [0.3, 0.4) is 0 Å². The molecular weight excluding hydrogens is 316 g/mol. The summed E-state index contributed by atoms with van der Waals surface area (Å²) in [6.07, 6.45) is 6.91. The highest BCUT2D eigenvalue weighted by atomic mass is 16.1. The SMILES string of the molecule is CNC(=O)[C@H](CCCCn1cc(CCC(=O)C(C)C)nn1)CC(C)C. The first kappa shape index (κ1) is 21.3. The Morgan fingerprint density at radius 3 is 2.52 bits per heavy atom. The second kappa shape index (κ2) is 11.0. The first-order valence-corrected chi connectivity index (χ1v) is 9.46. The number of nitrogens with one attached hydrogen (secondary N) is 1. The van der Waals surface area contributed by atoms with Gasteiger partial charge in [0.25, 0.3) is 0 Å². The van der Waals surface area contributed by atoms with E-state index in [0.717, 1.165) is 37.9 Å². The van der Waals surface area contributed by atoms with Gasteiger partial charge in [0.1, 0.15) is 5.78 Å². The monoisotopic (exact) mass is 350 g/mol. The van der Waals surface area contributed by atoms with Gasteiger partial charge in [-0.2, -0.15) is 0 Å². The van der Waals surface area contributed by atoms with Gasteiger partial charge in [0.15, 0.2) is 0 Å². The van der Waals surface area contributed by atoms with Crippen LogP contribution >= 0.6 is 0 Å². The van der Waals surface area contributed by atoms with Gasteiger partial charge in [-0.1, -0.05) is 39.3 Å². The molecule has 1 heterocycles. The standard InChI is InChI=1S/C19H34N4O2/c1-14(2)12-16(19(25)20-5)8-6-7-11-23-13-17(21-22-23)9-10-18(24)15(3)4/h13-16H,6-12H2,1-5H3,(H,20,25)/t16-/m1/s1. The van der Waals surface area contributed by atoms with E-state index >= 15 is 0 Å². The van der Waals surface area contributed by atoms with Crippen LogP contribution in [0.15, 0.2) is 6.20 Å². The molecule has 1 atom stereocenters. The van der Waals surface area contributed by atoms with Gasteiger partial charge in [0.05, 0.1) is 5.69 Å². The summed E-state index contributed by atoms with van der Waals surface area (Å²) in [7, 11) is 1.70. The molecule has 0 fully saturated rings. The fourth-order valence-electron chi connectivity index (χ4n) is 2.90. The third-order valence-electron chi connectivity index (χ3n) is 4.42. The zero-order valence-electron chi connectivity index (χ0n) is 16.4. The van der Waals surface area contributed by atoms with Crippen molar-refractivity contribution >= 4 is 11.7 Å². The molecule has 1 N–H and O–H groups in total. The number of aromatic nitrogens is 3. The van der Waals surface area contributed by atoms with E-state index in [9.17, 15) is 9.59 Å². The lowest BCUT2D eigenvalue weighted by Gasteiger charge is -2.17. The first-order valence-electron chi connectivity index (χ1n) is 9.46. The number of amides is 1. The number of rotatable bonds is 12. The molecule has 0 radical (unpaired) electrons. The van der Waals surface area contributed by atoms with Crippen LogP contribution in [0, 0.1) is 17.8 Å². The summed E-state index contributed by atoms with van der Waals surface area (Å²) in [5.74, 6) is 1.10. The summed E-state index contributed by atoms with van der Waals surface area (Å²) in [5, 5.41) is 11.0. The Morgan fingerprint density at radius 1 is 1.20 bits per heavy atom. The largest absolute Gasteiger partial charge is 0.359 e. The number of ketones is 1. The van der Waals surface area contributed by atoms with E-state index in [1.165, 1.54) is 0 Å². The average molecular weight is 351 g/mol. The highest BCUT2D eigenvalue weighted by molar-refractivity contribution is 5.80. The minimum atomic E-state index is 0.0779. The van der Waals surface area contributed by atoms with Crippen molar-refractivity contribution < 1.29 is 9.59 Å². The van der Waals surface area contributed by atoms with E-state index < -0.39 is 0 Å². The Hall–Kier alpha value is -1.72. The van der Waals surface area contributed by atoms with Crippen molar-refractivity contribution in [1.82, 2.24) is 20.3 Å². The molecule has 142 valence electrons. The number of hydrogen-bond acceptors (Lipinski definition) is 4. The molecule has 1 aromatic rings. The lowest BCUT2D eigenvalue weighted by Crippen LogP contribution is -2.28. The van der Waals surface area contributed by atoms with Gasteiger partial charge < -0.3 is 5.32 Å². The lowest BCUT2D eigenvalue weighted by molar-refractivity contribution is -0.125. The average Bonchev–Trinajstić information content (AvgIpc) is 3.02. The van der Waals surface area contributed by atoms with Crippen LogP contribution < -0.4 is 5.32 Å². The van der Waals surface area contributed by atoms with Crippen molar-refractivity contribution in [2.24, 2.45) is 17.8 Å². The molecule has 0 bridgehead atoms. The molecule has 0 aliphatic heterocycles. The van der Waals surface area contributed by atoms with Crippen molar-refractivity contribution in [2.45, 2.75) is 72.8 Å². The van der Waals surface area contributed by atoms with Crippen LogP contribution in [0.25, 0.3) is 0 Å². The second-order valence-corrected chi connectivity index (χ2v) is 7.53.